The Morgan fingerprint density at radius 3 is 2.42 bits per heavy atom. The number of aliphatic hydroxyl groups is 2. The Balaban J connectivity index is 1.62. The van der Waals surface area contributed by atoms with Crippen LogP contribution < -0.4 is 10.4 Å². The molecule has 0 amide bonds. The Bertz CT molecular complexity index is 568. The van der Waals surface area contributed by atoms with Crippen LogP contribution in [0.4, 0.5) is 5.69 Å². The van der Waals surface area contributed by atoms with Gasteiger partial charge in [0.2, 0.25) is 0 Å². The quantitative estimate of drug-likeness (QED) is 0.650. The van der Waals surface area contributed by atoms with E-state index in [2.05, 4.69) is 45.8 Å². The van der Waals surface area contributed by atoms with Gasteiger partial charge in [0.05, 0.1) is 0 Å². The van der Waals surface area contributed by atoms with Crippen LogP contribution >= 0.6 is 0 Å². The molecule has 0 spiro atoms. The maximum Gasteiger partial charge on any atom is 0.624 e. The largest absolute Gasteiger partial charge is 0.624 e. The van der Waals surface area contributed by atoms with Crippen LogP contribution in [0.1, 0.15) is 34.1 Å². The lowest BCUT2D eigenvalue weighted by Gasteiger charge is -2.34. The average Bonchev–Trinajstić information content (AvgIpc) is 3.03. The van der Waals surface area contributed by atoms with Gasteiger partial charge in [-0.1, -0.05) is 12.1 Å². The molecule has 0 saturated carbocycles. The molecule has 1 aromatic rings. The minimum atomic E-state index is -0.845. The molecule has 2 aliphatic rings. The number of hydrogen-bond donors (Lipinski definition) is 1. The minimum absolute atomic E-state index is 0.512. The van der Waals surface area contributed by atoms with Crippen LogP contribution in [0.3, 0.4) is 0 Å². The number of hydrogen-bond acceptors (Lipinski definition) is 3. The summed E-state index contributed by atoms with van der Waals surface area (Å²) in [4.78, 5) is 5.01. The van der Waals surface area contributed by atoms with E-state index in [4.69, 9.17) is 0 Å². The van der Waals surface area contributed by atoms with Crippen LogP contribution in [-0.4, -0.2) is 66.1 Å². The van der Waals surface area contributed by atoms with E-state index in [1.54, 1.807) is 13.8 Å². The zero-order valence-electron chi connectivity index (χ0n) is 15.7. The van der Waals surface area contributed by atoms with Crippen molar-refractivity contribution in [2.75, 3.05) is 31.6 Å². The molecule has 2 aliphatic heterocycles. The Hall–Kier alpha value is -1.04. The zero-order valence-corrected chi connectivity index (χ0v) is 15.7. The highest BCUT2D eigenvalue weighted by molar-refractivity contribution is 6.46. The second-order valence-electron chi connectivity index (χ2n) is 8.50. The van der Waals surface area contributed by atoms with E-state index < -0.39 is 11.2 Å². The Labute approximate surface area is 147 Å². The molecule has 24 heavy (non-hydrogen) atoms. The molecule has 4 nitrogen and oxygen atoms in total. The molecule has 1 aromatic carbocycles. The van der Waals surface area contributed by atoms with Gasteiger partial charge in [-0.2, -0.15) is 0 Å². The summed E-state index contributed by atoms with van der Waals surface area (Å²) in [5, 5.41) is 10.2. The van der Waals surface area contributed by atoms with Crippen molar-refractivity contribution < 1.29 is 9.76 Å². The van der Waals surface area contributed by atoms with E-state index in [1.165, 1.54) is 31.7 Å². The van der Waals surface area contributed by atoms with Gasteiger partial charge in [-0.3, -0.25) is 0 Å². The second kappa shape index (κ2) is 6.36. The predicted molar refractivity (Wildman–Crippen MR) is 101 cm³/mol. The van der Waals surface area contributed by atoms with Crippen LogP contribution in [0.15, 0.2) is 24.3 Å². The molecular formula is C19H31BN2O2+. The summed E-state index contributed by atoms with van der Waals surface area (Å²) in [5.74, 6) is 0.823. The van der Waals surface area contributed by atoms with Gasteiger partial charge in [-0.05, 0) is 45.4 Å². The molecule has 2 saturated heterocycles. The second-order valence-corrected chi connectivity index (χ2v) is 8.50. The Kier molecular flexibility index (Phi) is 4.71. The molecule has 2 atom stereocenters. The van der Waals surface area contributed by atoms with Gasteiger partial charge in [0.15, 0.2) is 5.60 Å². The molecule has 0 aromatic heterocycles. The summed E-state index contributed by atoms with van der Waals surface area (Å²) in [6, 6.07) is 9.35. The third kappa shape index (κ3) is 3.49. The third-order valence-electron chi connectivity index (χ3n) is 5.99. The van der Waals surface area contributed by atoms with Crippen molar-refractivity contribution in [1.82, 2.24) is 4.90 Å². The molecule has 5 heteroatoms. The maximum atomic E-state index is 10.2. The molecule has 1 unspecified atom stereocenters. The number of nitrogens with zero attached hydrogens (tertiary/aromatic N) is 2. The van der Waals surface area contributed by atoms with Crippen molar-refractivity contribution in [2.24, 2.45) is 5.92 Å². The van der Waals surface area contributed by atoms with Gasteiger partial charge in [-0.25, -0.2) is 0 Å². The summed E-state index contributed by atoms with van der Waals surface area (Å²) in [7, 11) is 4.10. The molecule has 2 fully saturated rings. The molecular weight excluding hydrogens is 299 g/mol. The number of rotatable bonds is 5. The highest BCUT2D eigenvalue weighted by Crippen LogP contribution is 2.34. The SMILES string of the molecule is CN1CC2CCN(c3ccc([B][OH+]C(C)(C)C(C)(C)O)cc3)[C@H]2C1. The first-order valence-corrected chi connectivity index (χ1v) is 9.00. The standard InChI is InChI=1S/C19H31BN2O2/c1-18(2,23)19(3,4)24-20-15-6-8-16(9-7-15)22-11-10-14-12-21(5)13-17(14)22/h6-9,14,17,23-24H,10-13H2,1-5H3/q+1/t14?,17-/m0/s1. The summed E-state index contributed by atoms with van der Waals surface area (Å²) in [6.45, 7) is 11.1. The molecule has 2 N–H and O–H groups in total. The zero-order chi connectivity index (χ0) is 17.5. The first-order valence-electron chi connectivity index (χ1n) is 9.00. The normalized spacial score (nSPS) is 25.2. The number of fused-ring (bicyclic) bond motifs is 1. The molecule has 2 heterocycles. The van der Waals surface area contributed by atoms with E-state index in [9.17, 15) is 5.11 Å². The van der Waals surface area contributed by atoms with Crippen LogP contribution in [0.25, 0.3) is 0 Å². The Morgan fingerprint density at radius 1 is 1.12 bits per heavy atom. The van der Waals surface area contributed by atoms with E-state index in [0.29, 0.717) is 6.04 Å². The van der Waals surface area contributed by atoms with Crippen molar-refractivity contribution in [2.45, 2.75) is 51.4 Å². The molecule has 0 bridgehead atoms. The van der Waals surface area contributed by atoms with Gasteiger partial charge >= 0.3 is 7.48 Å². The molecule has 0 aliphatic carbocycles. The molecule has 1 radical (unpaired) electrons. The summed E-state index contributed by atoms with van der Waals surface area (Å²) in [6.07, 6.45) is 1.30. The first-order chi connectivity index (χ1) is 11.2. The monoisotopic (exact) mass is 330 g/mol. The topological polar surface area (TPSA) is 39.5 Å². The fourth-order valence-corrected chi connectivity index (χ4v) is 3.64. The summed E-state index contributed by atoms with van der Waals surface area (Å²) >= 11 is 0. The predicted octanol–water partition coefficient (Wildman–Crippen LogP) is 1.15. The summed E-state index contributed by atoms with van der Waals surface area (Å²) in [5.41, 5.74) is 1.04. The summed E-state index contributed by atoms with van der Waals surface area (Å²) < 4.78 is 4.59. The van der Waals surface area contributed by atoms with Crippen molar-refractivity contribution in [3.8, 4) is 0 Å². The molecule has 3 rings (SSSR count). The third-order valence-corrected chi connectivity index (χ3v) is 5.99. The average molecular weight is 330 g/mol. The smallest absolute Gasteiger partial charge is 0.530 e. The van der Waals surface area contributed by atoms with Gasteiger partial charge < -0.3 is 19.6 Å². The van der Waals surface area contributed by atoms with Crippen LogP contribution in [0.5, 0.6) is 0 Å². The highest BCUT2D eigenvalue weighted by Gasteiger charge is 2.41. The van der Waals surface area contributed by atoms with Crippen molar-refractivity contribution in [3.63, 3.8) is 0 Å². The number of anilines is 1. The van der Waals surface area contributed by atoms with Crippen LogP contribution in [0.2, 0.25) is 0 Å². The van der Waals surface area contributed by atoms with E-state index in [1.807, 2.05) is 21.3 Å². The van der Waals surface area contributed by atoms with Crippen LogP contribution in [-0.2, 0) is 0 Å². The van der Waals surface area contributed by atoms with Crippen molar-refractivity contribution in [3.05, 3.63) is 24.3 Å². The fourth-order valence-electron chi connectivity index (χ4n) is 3.64. The Morgan fingerprint density at radius 2 is 1.79 bits per heavy atom. The first kappa shape index (κ1) is 17.8. The van der Waals surface area contributed by atoms with Crippen molar-refractivity contribution >= 4 is 18.6 Å². The van der Waals surface area contributed by atoms with Gasteiger partial charge in [0, 0.05) is 50.7 Å². The number of likely N-dealkylation sites (tertiary alicyclic amines) is 1. The minimum Gasteiger partial charge on any atom is -0.530 e. The van der Waals surface area contributed by atoms with Crippen molar-refractivity contribution in [1.29, 1.82) is 0 Å². The lowest BCUT2D eigenvalue weighted by molar-refractivity contribution is -0.157. The van der Waals surface area contributed by atoms with Gasteiger partial charge in [0.1, 0.15) is 5.60 Å². The number of benzene rings is 1. The van der Waals surface area contributed by atoms with Gasteiger partial charge in [-0.15, -0.1) is 0 Å². The van der Waals surface area contributed by atoms with E-state index in [0.717, 1.165) is 11.4 Å². The maximum absolute atomic E-state index is 10.2. The van der Waals surface area contributed by atoms with Crippen LogP contribution in [0, 0.1) is 5.92 Å². The molecule has 131 valence electrons. The van der Waals surface area contributed by atoms with E-state index in [-0.39, 0.29) is 0 Å². The lowest BCUT2D eigenvalue weighted by atomic mass is 9.82. The van der Waals surface area contributed by atoms with E-state index >= 15 is 0 Å². The highest BCUT2D eigenvalue weighted by atomic mass is 16.5. The fraction of sp³-hybridized carbons (Fsp3) is 0.684. The lowest BCUT2D eigenvalue weighted by Crippen LogP contribution is -2.51. The number of likely N-dealkylation sites (N-methyl/N-ethyl adjacent to an activating group) is 1. The van der Waals surface area contributed by atoms with Gasteiger partial charge in [0.25, 0.3) is 0 Å².